The van der Waals surface area contributed by atoms with E-state index in [1.807, 2.05) is 29.1 Å². The fraction of sp³-hybridized carbons (Fsp3) is 0.391. The summed E-state index contributed by atoms with van der Waals surface area (Å²) in [7, 11) is 0. The number of nitrogens with one attached hydrogen (secondary N) is 2. The molecular weight excluding hydrogens is 410 g/mol. The molecule has 168 valence electrons. The second-order valence-corrected chi connectivity index (χ2v) is 8.81. The maximum Gasteiger partial charge on any atom is 0.413 e. The molecule has 32 heavy (non-hydrogen) atoms. The molecule has 0 saturated carbocycles. The van der Waals surface area contributed by atoms with E-state index in [1.165, 1.54) is 11.6 Å². The van der Waals surface area contributed by atoms with Gasteiger partial charge in [-0.25, -0.2) is 4.79 Å². The van der Waals surface area contributed by atoms with Crippen molar-refractivity contribution in [2.75, 3.05) is 5.32 Å². The van der Waals surface area contributed by atoms with Crippen LogP contribution in [-0.4, -0.2) is 32.5 Å². The van der Waals surface area contributed by atoms with Crippen LogP contribution in [0.15, 0.2) is 47.1 Å². The number of nitrogens with zero attached hydrogens (tertiary/aromatic N) is 3. The summed E-state index contributed by atoms with van der Waals surface area (Å²) in [5.74, 6) is -0.271. The molecule has 2 amide bonds. The molecule has 1 atom stereocenters. The van der Waals surface area contributed by atoms with Gasteiger partial charge in [0.25, 0.3) is 5.91 Å². The van der Waals surface area contributed by atoms with Crippen molar-refractivity contribution in [3.8, 4) is 0 Å². The fourth-order valence-corrected chi connectivity index (χ4v) is 3.74. The minimum atomic E-state index is -0.666. The summed E-state index contributed by atoms with van der Waals surface area (Å²) >= 11 is 0. The molecule has 0 spiro atoms. The highest BCUT2D eigenvalue weighted by Crippen LogP contribution is 2.30. The van der Waals surface area contributed by atoms with Gasteiger partial charge in [0.2, 0.25) is 5.76 Å². The van der Waals surface area contributed by atoms with Crippen LogP contribution in [0.2, 0.25) is 0 Å². The monoisotopic (exact) mass is 437 g/mol. The molecule has 2 heterocycles. The highest BCUT2D eigenvalue weighted by molar-refractivity contribution is 5.93. The summed E-state index contributed by atoms with van der Waals surface area (Å²) in [6.07, 6.45) is 3.84. The largest absolute Gasteiger partial charge is 0.444 e. The minimum absolute atomic E-state index is 0.0138. The zero-order chi connectivity index (χ0) is 22.7. The van der Waals surface area contributed by atoms with E-state index in [0.717, 1.165) is 30.5 Å². The molecule has 1 aliphatic rings. The number of rotatable bonds is 5. The number of carbonyl (C=O) groups is 2. The van der Waals surface area contributed by atoms with E-state index in [0.29, 0.717) is 6.54 Å². The van der Waals surface area contributed by atoms with Crippen molar-refractivity contribution in [3.63, 3.8) is 0 Å². The Morgan fingerprint density at radius 2 is 2.03 bits per heavy atom. The number of hydrogen-bond donors (Lipinski definition) is 2. The maximum absolute atomic E-state index is 12.7. The van der Waals surface area contributed by atoms with Crippen molar-refractivity contribution in [2.45, 2.75) is 58.2 Å². The summed E-state index contributed by atoms with van der Waals surface area (Å²) in [6, 6.07) is 11.4. The topological polar surface area (TPSA) is 111 Å². The second kappa shape index (κ2) is 8.86. The molecule has 1 aromatic carbocycles. The molecule has 0 saturated heterocycles. The summed E-state index contributed by atoms with van der Waals surface area (Å²) in [5, 5.41) is 13.8. The van der Waals surface area contributed by atoms with Crippen LogP contribution in [0.4, 0.5) is 10.6 Å². The Bertz CT molecular complexity index is 1100. The van der Waals surface area contributed by atoms with Crippen LogP contribution in [-0.2, 0) is 17.7 Å². The molecule has 0 aliphatic heterocycles. The van der Waals surface area contributed by atoms with Gasteiger partial charge in [0.1, 0.15) is 5.60 Å². The van der Waals surface area contributed by atoms with Crippen LogP contribution in [0.25, 0.3) is 0 Å². The van der Waals surface area contributed by atoms with Crippen molar-refractivity contribution >= 4 is 17.8 Å². The lowest BCUT2D eigenvalue weighted by molar-refractivity contribution is 0.0634. The third-order valence-corrected chi connectivity index (χ3v) is 5.11. The van der Waals surface area contributed by atoms with E-state index >= 15 is 0 Å². The number of hydrogen-bond acceptors (Lipinski definition) is 6. The number of benzene rings is 1. The van der Waals surface area contributed by atoms with E-state index in [4.69, 9.17) is 9.26 Å². The van der Waals surface area contributed by atoms with Crippen LogP contribution in [0.1, 0.15) is 67.0 Å². The summed E-state index contributed by atoms with van der Waals surface area (Å²) in [5.41, 5.74) is 2.69. The van der Waals surface area contributed by atoms with Gasteiger partial charge in [-0.15, -0.1) is 0 Å². The van der Waals surface area contributed by atoms with Gasteiger partial charge in [-0.2, -0.15) is 5.10 Å². The molecule has 2 N–H and O–H groups in total. The number of ether oxygens (including phenoxy) is 1. The van der Waals surface area contributed by atoms with E-state index < -0.39 is 17.6 Å². The van der Waals surface area contributed by atoms with Crippen LogP contribution in [0.3, 0.4) is 0 Å². The minimum Gasteiger partial charge on any atom is -0.444 e. The first kappa shape index (κ1) is 21.6. The van der Waals surface area contributed by atoms with Crippen LogP contribution in [0, 0.1) is 0 Å². The molecule has 1 unspecified atom stereocenters. The second-order valence-electron chi connectivity index (χ2n) is 8.81. The molecule has 0 bridgehead atoms. The Morgan fingerprint density at radius 1 is 1.25 bits per heavy atom. The Hall–Kier alpha value is -3.62. The quantitative estimate of drug-likeness (QED) is 0.622. The van der Waals surface area contributed by atoms with Gasteiger partial charge >= 0.3 is 6.09 Å². The Kier molecular flexibility index (Phi) is 5.98. The first-order chi connectivity index (χ1) is 15.3. The first-order valence-corrected chi connectivity index (χ1v) is 10.6. The molecule has 9 nitrogen and oxygen atoms in total. The zero-order valence-corrected chi connectivity index (χ0v) is 18.4. The summed E-state index contributed by atoms with van der Waals surface area (Å²) in [6.45, 7) is 5.97. The fourth-order valence-electron chi connectivity index (χ4n) is 3.74. The lowest BCUT2D eigenvalue weighted by atomic mass is 9.93. The van der Waals surface area contributed by atoms with Crippen molar-refractivity contribution in [1.29, 1.82) is 0 Å². The van der Waals surface area contributed by atoms with Crippen LogP contribution < -0.4 is 10.6 Å². The van der Waals surface area contributed by atoms with Gasteiger partial charge in [-0.05, 0) is 45.6 Å². The number of anilines is 1. The Labute approximate surface area is 186 Å². The molecular formula is C23H27N5O4. The smallest absolute Gasteiger partial charge is 0.413 e. The van der Waals surface area contributed by atoms with Gasteiger partial charge in [0.05, 0.1) is 18.8 Å². The van der Waals surface area contributed by atoms with Crippen molar-refractivity contribution in [3.05, 3.63) is 65.2 Å². The van der Waals surface area contributed by atoms with Gasteiger partial charge in [-0.3, -0.25) is 14.8 Å². The van der Waals surface area contributed by atoms with Gasteiger partial charge in [0, 0.05) is 17.3 Å². The lowest BCUT2D eigenvalue weighted by Gasteiger charge is -2.23. The first-order valence-electron chi connectivity index (χ1n) is 10.6. The molecule has 4 rings (SSSR count). The molecule has 2 aromatic heterocycles. The average molecular weight is 438 g/mol. The zero-order valence-electron chi connectivity index (χ0n) is 18.4. The number of fused-ring (bicyclic) bond motifs is 1. The highest BCUT2D eigenvalue weighted by Gasteiger charge is 2.27. The summed E-state index contributed by atoms with van der Waals surface area (Å²) < 4.78 is 12.3. The van der Waals surface area contributed by atoms with Gasteiger partial charge < -0.3 is 14.6 Å². The maximum atomic E-state index is 12.7. The SMILES string of the molecule is CC(C)(C)OC(=O)Nc1cc(C(=O)NC2CCCc3c2cnn3Cc2ccccc2)on1. The van der Waals surface area contributed by atoms with Crippen LogP contribution >= 0.6 is 0 Å². The predicted octanol–water partition coefficient (Wildman–Crippen LogP) is 4.07. The third-order valence-electron chi connectivity index (χ3n) is 5.11. The van der Waals surface area contributed by atoms with Crippen molar-refractivity contribution in [1.82, 2.24) is 20.3 Å². The van der Waals surface area contributed by atoms with E-state index in [2.05, 4.69) is 33.0 Å². The van der Waals surface area contributed by atoms with E-state index in [9.17, 15) is 9.59 Å². The van der Waals surface area contributed by atoms with Crippen LogP contribution in [0.5, 0.6) is 0 Å². The molecule has 0 fully saturated rings. The molecule has 9 heteroatoms. The highest BCUT2D eigenvalue weighted by atomic mass is 16.6. The summed E-state index contributed by atoms with van der Waals surface area (Å²) in [4.78, 5) is 24.6. The van der Waals surface area contributed by atoms with E-state index in [-0.39, 0.29) is 17.6 Å². The standard InChI is InChI=1S/C23H27N5O4/c1-23(2,3)31-22(30)26-20-12-19(32-27-20)21(29)25-17-10-7-11-18-16(17)13-24-28(18)14-15-8-5-4-6-9-15/h4-6,8-9,12-13,17H,7,10-11,14H2,1-3H3,(H,25,29)(H,26,27,30). The van der Waals surface area contributed by atoms with Crippen molar-refractivity contribution in [2.24, 2.45) is 0 Å². The number of carbonyl (C=O) groups excluding carboxylic acids is 2. The van der Waals surface area contributed by atoms with Gasteiger partial charge in [-0.1, -0.05) is 35.5 Å². The normalized spacial score (nSPS) is 15.7. The third kappa shape index (κ3) is 5.16. The van der Waals surface area contributed by atoms with Gasteiger partial charge in [0.15, 0.2) is 5.82 Å². The lowest BCUT2D eigenvalue weighted by Crippen LogP contribution is -2.30. The molecule has 1 aliphatic carbocycles. The molecule has 0 radical (unpaired) electrons. The Balaban J connectivity index is 1.41. The predicted molar refractivity (Wildman–Crippen MR) is 117 cm³/mol. The van der Waals surface area contributed by atoms with E-state index in [1.54, 1.807) is 20.8 Å². The average Bonchev–Trinajstić information content (AvgIpc) is 3.35. The Morgan fingerprint density at radius 3 is 2.78 bits per heavy atom. The van der Waals surface area contributed by atoms with Crippen molar-refractivity contribution < 1.29 is 18.8 Å². The number of amides is 2. The molecule has 3 aromatic rings. The number of aromatic nitrogens is 3.